The van der Waals surface area contributed by atoms with Crippen LogP contribution in [0.1, 0.15) is 26.3 Å². The van der Waals surface area contributed by atoms with Crippen molar-refractivity contribution in [3.63, 3.8) is 0 Å². The van der Waals surface area contributed by atoms with Crippen molar-refractivity contribution in [3.8, 4) is 12.1 Å². The summed E-state index contributed by atoms with van der Waals surface area (Å²) in [5.41, 5.74) is 2.35. The quantitative estimate of drug-likeness (QED) is 0.674. The molecule has 0 saturated carbocycles. The molecule has 1 aromatic carbocycles. The Morgan fingerprint density at radius 2 is 1.85 bits per heavy atom. The van der Waals surface area contributed by atoms with E-state index in [0.29, 0.717) is 17.1 Å². The van der Waals surface area contributed by atoms with Gasteiger partial charge in [-0.05, 0) is 42.0 Å². The molecule has 0 amide bonds. The Kier molecular flexibility index (Phi) is 4.92. The van der Waals surface area contributed by atoms with Crippen LogP contribution in [-0.2, 0) is 4.74 Å². The number of nitriles is 2. The highest BCUT2D eigenvalue weighted by atomic mass is 16.5. The van der Waals surface area contributed by atoms with E-state index in [1.807, 2.05) is 69.3 Å². The molecule has 2 heterocycles. The molecule has 0 spiro atoms. The molecule has 0 atom stereocenters. The SMILES string of the molecule is CC(C)(C)C1=CC(=C(C#N)C#N)C=C(/C=C/c2ccc3ncccc3c2)O1. The minimum absolute atomic E-state index is 0.0720. The van der Waals surface area contributed by atoms with Crippen LogP contribution in [-0.4, -0.2) is 4.98 Å². The number of ether oxygens (including phenoxy) is 1. The number of pyridine rings is 1. The third-order valence-corrected chi connectivity index (χ3v) is 4.13. The second kappa shape index (κ2) is 7.32. The van der Waals surface area contributed by atoms with E-state index in [2.05, 4.69) is 11.1 Å². The van der Waals surface area contributed by atoms with Gasteiger partial charge in [-0.3, -0.25) is 4.98 Å². The highest BCUT2D eigenvalue weighted by Crippen LogP contribution is 2.34. The van der Waals surface area contributed by atoms with Crippen LogP contribution in [0.15, 0.2) is 77.4 Å². The van der Waals surface area contributed by atoms with E-state index in [9.17, 15) is 10.5 Å². The summed E-state index contributed by atoms with van der Waals surface area (Å²) in [5.74, 6) is 1.30. The molecule has 0 N–H and O–H groups in total. The van der Waals surface area contributed by atoms with Crippen molar-refractivity contribution in [2.75, 3.05) is 0 Å². The standard InChI is InChI=1S/C23H19N3O/c1-23(2,3)22-13-18(19(14-24)15-25)12-20(27-22)8-6-16-7-9-21-17(11-16)5-4-10-26-21/h4-13H,1-3H3/b8-6+. The van der Waals surface area contributed by atoms with Gasteiger partial charge in [-0.1, -0.05) is 39.0 Å². The smallest absolute Gasteiger partial charge is 0.137 e. The lowest BCUT2D eigenvalue weighted by molar-refractivity contribution is 0.223. The van der Waals surface area contributed by atoms with Crippen LogP contribution >= 0.6 is 0 Å². The Balaban J connectivity index is 1.97. The maximum absolute atomic E-state index is 9.21. The molecule has 0 saturated heterocycles. The summed E-state index contributed by atoms with van der Waals surface area (Å²) >= 11 is 0. The van der Waals surface area contributed by atoms with Crippen LogP contribution in [0.2, 0.25) is 0 Å². The fourth-order valence-electron chi connectivity index (χ4n) is 2.65. The Morgan fingerprint density at radius 3 is 2.56 bits per heavy atom. The first-order valence-corrected chi connectivity index (χ1v) is 8.60. The molecule has 1 aliphatic rings. The lowest BCUT2D eigenvalue weighted by Gasteiger charge is -2.26. The Hall–Kier alpha value is -3.63. The zero-order valence-corrected chi connectivity index (χ0v) is 15.5. The van der Waals surface area contributed by atoms with E-state index < -0.39 is 0 Å². The van der Waals surface area contributed by atoms with Crippen LogP contribution in [0.25, 0.3) is 17.0 Å². The Bertz CT molecular complexity index is 1080. The van der Waals surface area contributed by atoms with E-state index in [1.54, 1.807) is 18.3 Å². The van der Waals surface area contributed by atoms with Crippen molar-refractivity contribution >= 4 is 17.0 Å². The van der Waals surface area contributed by atoms with Crippen molar-refractivity contribution in [1.29, 1.82) is 10.5 Å². The van der Waals surface area contributed by atoms with Crippen LogP contribution in [0.3, 0.4) is 0 Å². The first-order valence-electron chi connectivity index (χ1n) is 8.60. The summed E-state index contributed by atoms with van der Waals surface area (Å²) in [6, 6.07) is 13.8. The number of nitrogens with zero attached hydrogens (tertiary/aromatic N) is 3. The van der Waals surface area contributed by atoms with Crippen molar-refractivity contribution in [2.45, 2.75) is 20.8 Å². The van der Waals surface area contributed by atoms with E-state index in [1.165, 1.54) is 0 Å². The molecule has 4 heteroatoms. The number of rotatable bonds is 2. The fraction of sp³-hybridized carbons (Fsp3) is 0.174. The first kappa shape index (κ1) is 18.2. The van der Waals surface area contributed by atoms with Crippen LogP contribution in [0.4, 0.5) is 0 Å². The normalized spacial score (nSPS) is 14.2. The molecule has 4 nitrogen and oxygen atoms in total. The molecule has 0 bridgehead atoms. The number of allylic oxidation sites excluding steroid dienone is 6. The third-order valence-electron chi connectivity index (χ3n) is 4.13. The molecule has 0 aliphatic carbocycles. The summed E-state index contributed by atoms with van der Waals surface area (Å²) < 4.78 is 6.00. The van der Waals surface area contributed by atoms with Crippen molar-refractivity contribution < 1.29 is 4.74 Å². The van der Waals surface area contributed by atoms with Gasteiger partial charge in [0.25, 0.3) is 0 Å². The average Bonchev–Trinajstić information content (AvgIpc) is 2.66. The molecular weight excluding hydrogens is 334 g/mol. The number of hydrogen-bond acceptors (Lipinski definition) is 4. The van der Waals surface area contributed by atoms with Gasteiger partial charge in [-0.25, -0.2) is 0 Å². The van der Waals surface area contributed by atoms with Crippen LogP contribution in [0.5, 0.6) is 0 Å². The second-order valence-electron chi connectivity index (χ2n) is 7.25. The molecule has 132 valence electrons. The first-order chi connectivity index (χ1) is 12.9. The van der Waals surface area contributed by atoms with Crippen molar-refractivity contribution in [3.05, 3.63) is 83.0 Å². The third kappa shape index (κ3) is 4.14. The molecule has 3 rings (SSSR count). The predicted molar refractivity (Wildman–Crippen MR) is 106 cm³/mol. The van der Waals surface area contributed by atoms with Crippen LogP contribution in [0, 0.1) is 28.1 Å². The lowest BCUT2D eigenvalue weighted by atomic mass is 9.90. The van der Waals surface area contributed by atoms with E-state index in [0.717, 1.165) is 16.5 Å². The number of benzene rings is 1. The minimum Gasteiger partial charge on any atom is -0.461 e. The van der Waals surface area contributed by atoms with Gasteiger partial charge in [0.15, 0.2) is 0 Å². The van der Waals surface area contributed by atoms with Gasteiger partial charge in [-0.2, -0.15) is 10.5 Å². The number of aromatic nitrogens is 1. The summed E-state index contributed by atoms with van der Waals surface area (Å²) in [6.45, 7) is 6.08. The highest BCUT2D eigenvalue weighted by Gasteiger charge is 2.23. The van der Waals surface area contributed by atoms with E-state index >= 15 is 0 Å². The topological polar surface area (TPSA) is 69.7 Å². The minimum atomic E-state index is -0.247. The van der Waals surface area contributed by atoms with E-state index in [4.69, 9.17) is 4.74 Å². The summed E-state index contributed by atoms with van der Waals surface area (Å²) in [6.07, 6.45) is 9.05. The Labute approximate surface area is 159 Å². The van der Waals surface area contributed by atoms with Crippen molar-refractivity contribution in [2.24, 2.45) is 5.41 Å². The second-order valence-corrected chi connectivity index (χ2v) is 7.25. The maximum atomic E-state index is 9.21. The Morgan fingerprint density at radius 1 is 1.07 bits per heavy atom. The van der Waals surface area contributed by atoms with Gasteiger partial charge in [0.2, 0.25) is 0 Å². The molecule has 0 radical (unpaired) electrons. The number of fused-ring (bicyclic) bond motifs is 1. The summed E-state index contributed by atoms with van der Waals surface area (Å²) in [5, 5.41) is 19.5. The van der Waals surface area contributed by atoms with Crippen molar-refractivity contribution in [1.82, 2.24) is 4.98 Å². The lowest BCUT2D eigenvalue weighted by Crippen LogP contribution is -2.15. The molecule has 0 unspecified atom stereocenters. The maximum Gasteiger partial charge on any atom is 0.137 e. The monoisotopic (exact) mass is 353 g/mol. The predicted octanol–water partition coefficient (Wildman–Crippen LogP) is 5.44. The molecule has 0 fully saturated rings. The van der Waals surface area contributed by atoms with Gasteiger partial charge >= 0.3 is 0 Å². The summed E-state index contributed by atoms with van der Waals surface area (Å²) in [7, 11) is 0. The fourth-order valence-corrected chi connectivity index (χ4v) is 2.65. The highest BCUT2D eigenvalue weighted by molar-refractivity contribution is 5.81. The largest absolute Gasteiger partial charge is 0.461 e. The zero-order valence-electron chi connectivity index (χ0n) is 15.5. The summed E-state index contributed by atoms with van der Waals surface area (Å²) in [4.78, 5) is 4.32. The van der Waals surface area contributed by atoms with Gasteiger partial charge < -0.3 is 4.74 Å². The molecule has 2 aromatic rings. The molecule has 1 aliphatic heterocycles. The van der Waals surface area contributed by atoms with Gasteiger partial charge in [0.05, 0.1) is 5.52 Å². The van der Waals surface area contributed by atoms with Gasteiger partial charge in [0, 0.05) is 22.6 Å². The van der Waals surface area contributed by atoms with Crippen LogP contribution < -0.4 is 0 Å². The molecular formula is C23H19N3O. The molecule has 1 aromatic heterocycles. The molecule has 27 heavy (non-hydrogen) atoms. The van der Waals surface area contributed by atoms with Gasteiger partial charge in [0.1, 0.15) is 29.2 Å². The number of hydrogen-bond donors (Lipinski definition) is 0. The van der Waals surface area contributed by atoms with E-state index in [-0.39, 0.29) is 11.0 Å². The van der Waals surface area contributed by atoms with Gasteiger partial charge in [-0.15, -0.1) is 0 Å². The zero-order chi connectivity index (χ0) is 19.4. The average molecular weight is 353 g/mol.